The third-order valence-corrected chi connectivity index (χ3v) is 4.62. The average Bonchev–Trinajstić information content (AvgIpc) is 2.99. The van der Waals surface area contributed by atoms with Gasteiger partial charge in [-0.1, -0.05) is 6.07 Å². The van der Waals surface area contributed by atoms with Gasteiger partial charge in [-0.05, 0) is 12.1 Å². The lowest BCUT2D eigenvalue weighted by Crippen LogP contribution is -2.37. The number of hydrogen-bond donors (Lipinski definition) is 1. The van der Waals surface area contributed by atoms with Crippen LogP contribution in [0.4, 0.5) is 0 Å². The molecule has 0 saturated carbocycles. The number of ether oxygens (including phenoxy) is 1. The van der Waals surface area contributed by atoms with Crippen LogP contribution >= 0.6 is 11.3 Å². The molecular weight excluding hydrogens is 302 g/mol. The fraction of sp³-hybridized carbons (Fsp3) is 0.400. The summed E-state index contributed by atoms with van der Waals surface area (Å²) in [6.07, 6.45) is 2.39. The van der Waals surface area contributed by atoms with Crippen LogP contribution in [-0.2, 0) is 11.2 Å². The van der Waals surface area contributed by atoms with Crippen LogP contribution in [0.5, 0.6) is 0 Å². The van der Waals surface area contributed by atoms with Crippen LogP contribution in [0.3, 0.4) is 0 Å². The van der Waals surface area contributed by atoms with Crippen LogP contribution in [0.15, 0.2) is 24.4 Å². The van der Waals surface area contributed by atoms with Gasteiger partial charge in [0.25, 0.3) is 0 Å². The second-order valence-electron chi connectivity index (χ2n) is 5.01. The van der Waals surface area contributed by atoms with Crippen molar-refractivity contribution in [1.82, 2.24) is 14.9 Å². The van der Waals surface area contributed by atoms with Crippen LogP contribution in [0, 0.1) is 0 Å². The molecule has 0 atom stereocenters. The van der Waals surface area contributed by atoms with Crippen molar-refractivity contribution in [2.24, 2.45) is 0 Å². The van der Waals surface area contributed by atoms with E-state index in [1.807, 2.05) is 6.07 Å². The molecule has 3 heterocycles. The predicted octanol–water partition coefficient (Wildman–Crippen LogP) is 1.78. The van der Waals surface area contributed by atoms with Gasteiger partial charge in [-0.3, -0.25) is 9.88 Å². The number of rotatable bonds is 5. The Bertz CT molecular complexity index is 639. The Morgan fingerprint density at radius 3 is 2.86 bits per heavy atom. The highest BCUT2D eigenvalue weighted by atomic mass is 32.1. The first-order valence-electron chi connectivity index (χ1n) is 7.18. The van der Waals surface area contributed by atoms with Crippen molar-refractivity contribution in [2.45, 2.75) is 6.42 Å². The highest BCUT2D eigenvalue weighted by molar-refractivity contribution is 7.14. The molecule has 0 unspecified atom stereocenters. The van der Waals surface area contributed by atoms with Crippen LogP contribution in [0.2, 0.25) is 0 Å². The number of hydrogen-bond acceptors (Lipinski definition) is 6. The van der Waals surface area contributed by atoms with Crippen molar-refractivity contribution in [2.75, 3.05) is 32.8 Å². The molecule has 2 aromatic heterocycles. The van der Waals surface area contributed by atoms with E-state index in [0.29, 0.717) is 11.4 Å². The van der Waals surface area contributed by atoms with E-state index in [0.717, 1.165) is 44.3 Å². The number of carboxylic acids is 1. The second-order valence-corrected chi connectivity index (χ2v) is 6.09. The van der Waals surface area contributed by atoms with Gasteiger partial charge in [0.2, 0.25) is 0 Å². The van der Waals surface area contributed by atoms with Gasteiger partial charge < -0.3 is 9.84 Å². The zero-order chi connectivity index (χ0) is 15.4. The summed E-state index contributed by atoms with van der Waals surface area (Å²) < 4.78 is 5.32. The van der Waals surface area contributed by atoms with E-state index >= 15 is 0 Å². The summed E-state index contributed by atoms with van der Waals surface area (Å²) >= 11 is 1.24. The monoisotopic (exact) mass is 319 g/mol. The Hall–Kier alpha value is -1.83. The Morgan fingerprint density at radius 1 is 1.36 bits per heavy atom. The molecule has 22 heavy (non-hydrogen) atoms. The Kier molecular flexibility index (Phi) is 4.77. The molecule has 1 saturated heterocycles. The number of carboxylic acid groups (broad SMARTS) is 1. The van der Waals surface area contributed by atoms with Gasteiger partial charge in [-0.2, -0.15) is 0 Å². The summed E-state index contributed by atoms with van der Waals surface area (Å²) in [4.78, 5) is 22.7. The van der Waals surface area contributed by atoms with E-state index < -0.39 is 5.97 Å². The topological polar surface area (TPSA) is 75.5 Å². The van der Waals surface area contributed by atoms with Gasteiger partial charge in [0.1, 0.15) is 10.6 Å². The number of aromatic carboxylic acids is 1. The van der Waals surface area contributed by atoms with Crippen molar-refractivity contribution >= 4 is 17.3 Å². The normalized spacial score (nSPS) is 15.8. The molecule has 3 rings (SSSR count). The first-order chi connectivity index (χ1) is 10.7. The predicted molar refractivity (Wildman–Crippen MR) is 83.3 cm³/mol. The van der Waals surface area contributed by atoms with Crippen molar-refractivity contribution in [3.8, 4) is 11.4 Å². The molecule has 0 spiro atoms. The van der Waals surface area contributed by atoms with Gasteiger partial charge >= 0.3 is 5.97 Å². The zero-order valence-electron chi connectivity index (χ0n) is 12.1. The molecule has 6 nitrogen and oxygen atoms in total. The number of aromatic nitrogens is 2. The van der Waals surface area contributed by atoms with E-state index in [9.17, 15) is 9.90 Å². The number of carbonyl (C=O) groups is 1. The van der Waals surface area contributed by atoms with Gasteiger partial charge in [0.05, 0.1) is 23.9 Å². The molecule has 1 aliphatic heterocycles. The molecule has 0 aliphatic carbocycles. The number of nitrogens with zero attached hydrogens (tertiary/aromatic N) is 3. The fourth-order valence-electron chi connectivity index (χ4n) is 2.37. The minimum Gasteiger partial charge on any atom is -0.477 e. The van der Waals surface area contributed by atoms with Gasteiger partial charge in [-0.25, -0.2) is 9.78 Å². The maximum Gasteiger partial charge on any atom is 0.348 e. The highest BCUT2D eigenvalue weighted by Crippen LogP contribution is 2.27. The van der Waals surface area contributed by atoms with E-state index in [1.54, 1.807) is 18.3 Å². The Labute approximate surface area is 132 Å². The Balaban J connectivity index is 1.76. The molecule has 1 fully saturated rings. The first-order valence-corrected chi connectivity index (χ1v) is 8.00. The molecule has 0 radical (unpaired) electrons. The summed E-state index contributed by atoms with van der Waals surface area (Å²) in [5.41, 5.74) is 1.07. The van der Waals surface area contributed by atoms with Crippen molar-refractivity contribution in [3.05, 3.63) is 34.3 Å². The SMILES string of the molecule is O=C(O)c1sc(CCN2CCOCC2)nc1-c1ccccn1. The second kappa shape index (κ2) is 6.95. The zero-order valence-corrected chi connectivity index (χ0v) is 12.9. The standard InChI is InChI=1S/C15H17N3O3S/c19-15(20)14-13(11-3-1-2-5-16-11)17-12(22-14)4-6-18-7-9-21-10-8-18/h1-3,5H,4,6-10H2,(H,19,20). The smallest absolute Gasteiger partial charge is 0.348 e. The minimum absolute atomic E-state index is 0.260. The first kappa shape index (κ1) is 15.1. The molecular formula is C15H17N3O3S. The third-order valence-electron chi connectivity index (χ3n) is 3.52. The fourth-order valence-corrected chi connectivity index (χ4v) is 3.27. The van der Waals surface area contributed by atoms with Crippen molar-refractivity contribution in [1.29, 1.82) is 0 Å². The molecule has 0 bridgehead atoms. The molecule has 2 aromatic rings. The van der Waals surface area contributed by atoms with Crippen LogP contribution in [0.25, 0.3) is 11.4 Å². The summed E-state index contributed by atoms with van der Waals surface area (Å²) in [6.45, 7) is 4.24. The number of pyridine rings is 1. The lowest BCUT2D eigenvalue weighted by atomic mass is 10.2. The van der Waals surface area contributed by atoms with E-state index in [-0.39, 0.29) is 4.88 Å². The lowest BCUT2D eigenvalue weighted by molar-refractivity contribution is 0.0384. The maximum atomic E-state index is 11.4. The molecule has 0 amide bonds. The quantitative estimate of drug-likeness (QED) is 0.905. The van der Waals surface area contributed by atoms with E-state index in [4.69, 9.17) is 4.74 Å². The third kappa shape index (κ3) is 3.49. The Morgan fingerprint density at radius 2 is 2.18 bits per heavy atom. The van der Waals surface area contributed by atoms with Crippen LogP contribution in [0.1, 0.15) is 14.7 Å². The minimum atomic E-state index is -0.948. The van der Waals surface area contributed by atoms with Crippen molar-refractivity contribution < 1.29 is 14.6 Å². The molecule has 0 aromatic carbocycles. The highest BCUT2D eigenvalue weighted by Gasteiger charge is 2.20. The summed E-state index contributed by atoms with van der Waals surface area (Å²) in [5.74, 6) is -0.948. The summed E-state index contributed by atoms with van der Waals surface area (Å²) in [6, 6.07) is 5.42. The number of thiazole rings is 1. The molecule has 7 heteroatoms. The summed E-state index contributed by atoms with van der Waals surface area (Å²) in [5, 5.41) is 10.2. The lowest BCUT2D eigenvalue weighted by Gasteiger charge is -2.25. The van der Waals surface area contributed by atoms with E-state index in [2.05, 4.69) is 14.9 Å². The van der Waals surface area contributed by atoms with Crippen molar-refractivity contribution in [3.63, 3.8) is 0 Å². The van der Waals surface area contributed by atoms with Gasteiger partial charge in [0, 0.05) is 32.3 Å². The van der Waals surface area contributed by atoms with Gasteiger partial charge in [-0.15, -0.1) is 11.3 Å². The van der Waals surface area contributed by atoms with Crippen LogP contribution < -0.4 is 0 Å². The average molecular weight is 319 g/mol. The molecule has 116 valence electrons. The molecule has 1 N–H and O–H groups in total. The van der Waals surface area contributed by atoms with Crippen LogP contribution in [-0.4, -0.2) is 58.8 Å². The largest absolute Gasteiger partial charge is 0.477 e. The van der Waals surface area contributed by atoms with E-state index in [1.165, 1.54) is 11.3 Å². The molecule has 1 aliphatic rings. The maximum absolute atomic E-state index is 11.4. The number of morpholine rings is 1. The van der Waals surface area contributed by atoms with Gasteiger partial charge in [0.15, 0.2) is 0 Å². The summed E-state index contributed by atoms with van der Waals surface area (Å²) in [7, 11) is 0.